The molecule has 28 heavy (non-hydrogen) atoms. The number of thiocarbonyl (C=S) groups is 1. The van der Waals surface area contributed by atoms with Crippen LogP contribution in [-0.2, 0) is 11.3 Å². The molecule has 0 spiro atoms. The number of nitro groups is 1. The molecule has 6 nitrogen and oxygen atoms in total. The van der Waals surface area contributed by atoms with E-state index in [1.165, 1.54) is 28.8 Å². The van der Waals surface area contributed by atoms with Gasteiger partial charge in [-0.25, -0.2) is 0 Å². The van der Waals surface area contributed by atoms with Crippen molar-refractivity contribution in [2.75, 3.05) is 7.05 Å². The number of nitrogens with zero attached hydrogens (tertiary/aromatic N) is 3. The van der Waals surface area contributed by atoms with E-state index in [4.69, 9.17) is 12.2 Å². The number of thioether (sulfide) groups is 1. The van der Waals surface area contributed by atoms with E-state index in [9.17, 15) is 14.9 Å². The van der Waals surface area contributed by atoms with Crippen molar-refractivity contribution < 1.29 is 9.72 Å². The first-order valence-electron chi connectivity index (χ1n) is 8.47. The van der Waals surface area contributed by atoms with Gasteiger partial charge in [-0.15, -0.1) is 0 Å². The summed E-state index contributed by atoms with van der Waals surface area (Å²) in [5.41, 5.74) is 2.99. The van der Waals surface area contributed by atoms with E-state index in [2.05, 4.69) is 4.57 Å². The number of para-hydroxylation sites is 1. The van der Waals surface area contributed by atoms with E-state index in [1.54, 1.807) is 19.2 Å². The molecule has 2 aromatic carbocycles. The van der Waals surface area contributed by atoms with Crippen molar-refractivity contribution >= 4 is 56.9 Å². The van der Waals surface area contributed by atoms with Gasteiger partial charge in [0, 0.05) is 48.4 Å². The van der Waals surface area contributed by atoms with Crippen molar-refractivity contribution in [1.82, 2.24) is 9.47 Å². The molecule has 1 aliphatic heterocycles. The SMILES string of the molecule is CN1C(=O)C(=Cc2cn(Cc3ccc([N+](=O)[O-])cc3)c3ccccc23)SC1=S. The lowest BCUT2D eigenvalue weighted by Gasteiger charge is -2.05. The second-order valence-corrected chi connectivity index (χ2v) is 8.07. The van der Waals surface area contributed by atoms with E-state index >= 15 is 0 Å². The number of likely N-dealkylation sites (N-methyl/N-ethyl adjacent to an activating group) is 1. The summed E-state index contributed by atoms with van der Waals surface area (Å²) in [5, 5.41) is 11.9. The first-order valence-corrected chi connectivity index (χ1v) is 9.69. The molecule has 0 saturated carbocycles. The zero-order valence-corrected chi connectivity index (χ0v) is 16.5. The summed E-state index contributed by atoms with van der Waals surface area (Å²) in [7, 11) is 1.68. The Kier molecular flexibility index (Phi) is 4.74. The summed E-state index contributed by atoms with van der Waals surface area (Å²) in [6.07, 6.45) is 3.87. The van der Waals surface area contributed by atoms with Gasteiger partial charge in [0.2, 0.25) is 0 Å². The molecule has 0 N–H and O–H groups in total. The molecule has 1 aromatic heterocycles. The van der Waals surface area contributed by atoms with Gasteiger partial charge in [0.25, 0.3) is 11.6 Å². The summed E-state index contributed by atoms with van der Waals surface area (Å²) in [6.45, 7) is 0.571. The maximum atomic E-state index is 12.3. The van der Waals surface area contributed by atoms with E-state index in [1.807, 2.05) is 36.5 Å². The summed E-state index contributed by atoms with van der Waals surface area (Å²) in [4.78, 5) is 24.8. The maximum absolute atomic E-state index is 12.3. The summed E-state index contributed by atoms with van der Waals surface area (Å²) in [5.74, 6) is -0.0952. The van der Waals surface area contributed by atoms with Crippen molar-refractivity contribution in [3.63, 3.8) is 0 Å². The van der Waals surface area contributed by atoms with Crippen molar-refractivity contribution in [3.05, 3.63) is 80.9 Å². The average Bonchev–Trinajstić information content (AvgIpc) is 3.15. The minimum atomic E-state index is -0.406. The predicted molar refractivity (Wildman–Crippen MR) is 115 cm³/mol. The second kappa shape index (κ2) is 7.21. The van der Waals surface area contributed by atoms with Gasteiger partial charge in [0.05, 0.1) is 9.83 Å². The Morgan fingerprint density at radius 2 is 1.89 bits per heavy atom. The summed E-state index contributed by atoms with van der Waals surface area (Å²) < 4.78 is 2.63. The number of nitro benzene ring substituents is 1. The molecule has 8 heteroatoms. The number of carbonyl (C=O) groups is 1. The lowest BCUT2D eigenvalue weighted by atomic mass is 10.1. The van der Waals surface area contributed by atoms with Gasteiger partial charge in [-0.3, -0.25) is 19.8 Å². The Labute approximate surface area is 170 Å². The first kappa shape index (κ1) is 18.4. The second-order valence-electron chi connectivity index (χ2n) is 6.39. The Morgan fingerprint density at radius 3 is 2.54 bits per heavy atom. The van der Waals surface area contributed by atoms with Crippen LogP contribution in [0.4, 0.5) is 5.69 Å². The fourth-order valence-electron chi connectivity index (χ4n) is 3.13. The minimum absolute atomic E-state index is 0.0726. The number of non-ortho nitro benzene ring substituents is 1. The highest BCUT2D eigenvalue weighted by Gasteiger charge is 2.29. The highest BCUT2D eigenvalue weighted by atomic mass is 32.2. The molecule has 4 rings (SSSR count). The Balaban J connectivity index is 1.72. The highest BCUT2D eigenvalue weighted by molar-refractivity contribution is 8.26. The minimum Gasteiger partial charge on any atom is -0.342 e. The fourth-order valence-corrected chi connectivity index (χ4v) is 4.30. The van der Waals surface area contributed by atoms with Gasteiger partial charge >= 0.3 is 0 Å². The molecule has 0 unspecified atom stereocenters. The highest BCUT2D eigenvalue weighted by Crippen LogP contribution is 2.33. The molecule has 1 saturated heterocycles. The average molecular weight is 409 g/mol. The molecule has 2 heterocycles. The number of amides is 1. The van der Waals surface area contributed by atoms with Crippen LogP contribution in [0.5, 0.6) is 0 Å². The van der Waals surface area contributed by atoms with Crippen LogP contribution in [-0.4, -0.2) is 31.7 Å². The van der Waals surface area contributed by atoms with Gasteiger partial charge in [-0.2, -0.15) is 0 Å². The van der Waals surface area contributed by atoms with Crippen LogP contribution < -0.4 is 0 Å². The van der Waals surface area contributed by atoms with E-state index in [0.29, 0.717) is 15.8 Å². The third-order valence-corrected chi connectivity index (χ3v) is 6.08. The van der Waals surface area contributed by atoms with Crippen LogP contribution in [0.2, 0.25) is 0 Å². The van der Waals surface area contributed by atoms with E-state index in [0.717, 1.165) is 22.0 Å². The molecule has 0 atom stereocenters. The third kappa shape index (κ3) is 3.32. The zero-order valence-electron chi connectivity index (χ0n) is 14.9. The van der Waals surface area contributed by atoms with E-state index in [-0.39, 0.29) is 11.6 Å². The van der Waals surface area contributed by atoms with Crippen LogP contribution in [0.1, 0.15) is 11.1 Å². The van der Waals surface area contributed by atoms with Crippen LogP contribution in [0.25, 0.3) is 17.0 Å². The number of hydrogen-bond acceptors (Lipinski definition) is 5. The van der Waals surface area contributed by atoms with Crippen molar-refractivity contribution in [2.45, 2.75) is 6.54 Å². The summed E-state index contributed by atoms with van der Waals surface area (Å²) in [6, 6.07) is 14.5. The number of hydrogen-bond donors (Lipinski definition) is 0. The topological polar surface area (TPSA) is 68.4 Å². The summed E-state index contributed by atoms with van der Waals surface area (Å²) >= 11 is 6.50. The number of rotatable bonds is 4. The molecule has 3 aromatic rings. The lowest BCUT2D eigenvalue weighted by Crippen LogP contribution is -2.22. The predicted octanol–water partition coefficient (Wildman–Crippen LogP) is 4.43. The van der Waals surface area contributed by atoms with Crippen molar-refractivity contribution in [2.24, 2.45) is 0 Å². The number of carbonyl (C=O) groups excluding carboxylic acids is 1. The standard InChI is InChI=1S/C20H15N3O3S2/c1-21-19(24)18(28-20(21)27)10-14-12-22(17-5-3-2-4-16(14)17)11-13-6-8-15(9-7-13)23(25)26/h2-10,12H,11H2,1H3. The molecule has 1 fully saturated rings. The van der Waals surface area contributed by atoms with Crippen molar-refractivity contribution in [3.8, 4) is 0 Å². The van der Waals surface area contributed by atoms with Gasteiger partial charge < -0.3 is 4.57 Å². The molecule has 1 amide bonds. The molecule has 0 radical (unpaired) electrons. The fraction of sp³-hybridized carbons (Fsp3) is 0.100. The zero-order chi connectivity index (χ0) is 19.8. The maximum Gasteiger partial charge on any atom is 0.269 e. The smallest absolute Gasteiger partial charge is 0.269 e. The molecular formula is C20H15N3O3S2. The lowest BCUT2D eigenvalue weighted by molar-refractivity contribution is -0.384. The van der Waals surface area contributed by atoms with Gasteiger partial charge in [-0.05, 0) is 17.7 Å². The largest absolute Gasteiger partial charge is 0.342 e. The van der Waals surface area contributed by atoms with Gasteiger partial charge in [0.1, 0.15) is 4.32 Å². The normalized spacial score (nSPS) is 15.8. The number of fused-ring (bicyclic) bond motifs is 1. The quantitative estimate of drug-likeness (QED) is 0.276. The number of benzene rings is 2. The van der Waals surface area contributed by atoms with E-state index < -0.39 is 4.92 Å². The third-order valence-electron chi connectivity index (χ3n) is 4.59. The molecule has 0 aliphatic carbocycles. The van der Waals surface area contributed by atoms with Crippen LogP contribution in [0.15, 0.2) is 59.6 Å². The number of aromatic nitrogens is 1. The monoisotopic (exact) mass is 409 g/mol. The van der Waals surface area contributed by atoms with Gasteiger partial charge in [0.15, 0.2) is 0 Å². The first-order chi connectivity index (χ1) is 13.4. The van der Waals surface area contributed by atoms with Gasteiger partial charge in [-0.1, -0.05) is 54.3 Å². The van der Waals surface area contributed by atoms with Crippen LogP contribution >= 0.6 is 24.0 Å². The molecule has 0 bridgehead atoms. The Bertz CT molecular complexity index is 1150. The van der Waals surface area contributed by atoms with Crippen LogP contribution in [0, 0.1) is 10.1 Å². The molecular weight excluding hydrogens is 394 g/mol. The Hall–Kier alpha value is -2.97. The van der Waals surface area contributed by atoms with Crippen molar-refractivity contribution in [1.29, 1.82) is 0 Å². The van der Waals surface area contributed by atoms with Crippen LogP contribution in [0.3, 0.4) is 0 Å². The molecule has 140 valence electrons. The Morgan fingerprint density at radius 1 is 1.18 bits per heavy atom. The molecule has 1 aliphatic rings.